The molecule has 3 N–H and O–H groups in total. The van der Waals surface area contributed by atoms with Gasteiger partial charge in [-0.25, -0.2) is 13.6 Å². The highest BCUT2D eigenvalue weighted by Gasteiger charge is 2.55. The van der Waals surface area contributed by atoms with Gasteiger partial charge in [0, 0.05) is 30.9 Å². The lowest BCUT2D eigenvalue weighted by Crippen LogP contribution is -2.58. The Labute approximate surface area is 177 Å². The SMILES string of the molecule is NC12CCC(CC1)C1CN(c3c(F)cc4c(=O)c(C(=O)O)cn(C5CC5)c4c3F)CC12. The topological polar surface area (TPSA) is 88.6 Å². The Hall–Kier alpha value is -2.48. The van der Waals surface area contributed by atoms with E-state index in [1.807, 2.05) is 0 Å². The number of fused-ring (bicyclic) bond motifs is 3. The molecule has 1 saturated heterocycles. The van der Waals surface area contributed by atoms with Crippen LogP contribution in [-0.4, -0.2) is 34.3 Å². The number of carboxylic acid groups (broad SMARTS) is 1. The van der Waals surface area contributed by atoms with Crippen molar-refractivity contribution in [3.8, 4) is 0 Å². The molecule has 6 nitrogen and oxygen atoms in total. The van der Waals surface area contributed by atoms with Crippen molar-refractivity contribution in [1.82, 2.24) is 4.57 Å². The molecule has 164 valence electrons. The predicted octanol–water partition coefficient (Wildman–Crippen LogP) is 3.27. The fourth-order valence-electron chi connectivity index (χ4n) is 6.59. The van der Waals surface area contributed by atoms with Gasteiger partial charge < -0.3 is 20.3 Å². The second kappa shape index (κ2) is 6.28. The number of benzene rings is 1. The highest BCUT2D eigenvalue weighted by molar-refractivity contribution is 5.94. The average Bonchev–Trinajstić information content (AvgIpc) is 3.46. The van der Waals surface area contributed by atoms with E-state index in [9.17, 15) is 14.7 Å². The van der Waals surface area contributed by atoms with Crippen LogP contribution in [0, 0.1) is 29.4 Å². The fourth-order valence-corrected chi connectivity index (χ4v) is 6.59. The molecule has 2 atom stereocenters. The van der Waals surface area contributed by atoms with Gasteiger partial charge in [-0.1, -0.05) is 0 Å². The summed E-state index contributed by atoms with van der Waals surface area (Å²) in [4.78, 5) is 26.0. The molecule has 1 aliphatic heterocycles. The van der Waals surface area contributed by atoms with Crippen molar-refractivity contribution in [1.29, 1.82) is 0 Å². The van der Waals surface area contributed by atoms with Crippen molar-refractivity contribution < 1.29 is 18.7 Å². The third-order valence-corrected chi connectivity index (χ3v) is 8.34. The van der Waals surface area contributed by atoms with Crippen LogP contribution in [0.25, 0.3) is 10.9 Å². The van der Waals surface area contributed by atoms with Gasteiger partial charge in [0.25, 0.3) is 0 Å². The first-order chi connectivity index (χ1) is 14.8. The van der Waals surface area contributed by atoms with E-state index in [1.165, 1.54) is 10.8 Å². The Morgan fingerprint density at radius 2 is 1.87 bits per heavy atom. The van der Waals surface area contributed by atoms with Crippen LogP contribution < -0.4 is 16.1 Å². The number of nitrogens with zero attached hydrogens (tertiary/aromatic N) is 2. The Morgan fingerprint density at radius 1 is 1.16 bits per heavy atom. The zero-order valence-corrected chi connectivity index (χ0v) is 17.1. The number of rotatable bonds is 3. The van der Waals surface area contributed by atoms with Gasteiger partial charge >= 0.3 is 5.97 Å². The van der Waals surface area contributed by atoms with Gasteiger partial charge in [0.1, 0.15) is 17.1 Å². The monoisotopic (exact) mass is 429 g/mol. The summed E-state index contributed by atoms with van der Waals surface area (Å²) in [6.45, 7) is 1.08. The molecule has 1 aromatic heterocycles. The van der Waals surface area contributed by atoms with E-state index in [0.717, 1.165) is 44.6 Å². The van der Waals surface area contributed by atoms with E-state index in [4.69, 9.17) is 5.73 Å². The number of hydrogen-bond donors (Lipinski definition) is 2. The van der Waals surface area contributed by atoms with E-state index in [1.54, 1.807) is 4.90 Å². The lowest BCUT2D eigenvalue weighted by Gasteiger charge is -2.52. The minimum absolute atomic E-state index is 0.00852. The predicted molar refractivity (Wildman–Crippen MR) is 111 cm³/mol. The van der Waals surface area contributed by atoms with Crippen molar-refractivity contribution in [2.24, 2.45) is 23.5 Å². The number of pyridine rings is 1. The highest BCUT2D eigenvalue weighted by Crippen LogP contribution is 2.54. The lowest BCUT2D eigenvalue weighted by atomic mass is 9.56. The molecule has 5 aliphatic rings. The number of carbonyl (C=O) groups is 1. The standard InChI is InChI=1S/C23H25F2N3O3/c24-17-7-13-19(28(12-1-2-12)9-15(21(13)29)22(30)31)18(25)20(17)27-8-14-11-3-5-23(26,6-4-11)16(14)10-27/h7,9,11-12,14,16H,1-6,8,10,26H2,(H,30,31). The first-order valence-corrected chi connectivity index (χ1v) is 11.1. The smallest absolute Gasteiger partial charge is 0.341 e. The van der Waals surface area contributed by atoms with Crippen molar-refractivity contribution in [3.63, 3.8) is 0 Å². The summed E-state index contributed by atoms with van der Waals surface area (Å²) >= 11 is 0. The molecular weight excluding hydrogens is 404 g/mol. The number of carboxylic acids is 1. The van der Waals surface area contributed by atoms with Crippen molar-refractivity contribution in [2.45, 2.75) is 50.1 Å². The van der Waals surface area contributed by atoms with E-state index in [2.05, 4.69) is 0 Å². The summed E-state index contributed by atoms with van der Waals surface area (Å²) in [7, 11) is 0. The summed E-state index contributed by atoms with van der Waals surface area (Å²) in [6, 6.07) is 0.953. The first-order valence-electron chi connectivity index (χ1n) is 11.1. The zero-order chi connectivity index (χ0) is 21.7. The third-order valence-electron chi connectivity index (χ3n) is 8.34. The van der Waals surface area contributed by atoms with Gasteiger partial charge in [-0.3, -0.25) is 4.79 Å². The van der Waals surface area contributed by atoms with Gasteiger partial charge in [0.05, 0.1) is 10.9 Å². The molecule has 4 aliphatic carbocycles. The van der Waals surface area contributed by atoms with Crippen LogP contribution in [0.2, 0.25) is 0 Å². The Bertz CT molecular complexity index is 1180. The van der Waals surface area contributed by atoms with Gasteiger partial charge in [0.2, 0.25) is 5.43 Å². The molecule has 5 fully saturated rings. The van der Waals surface area contributed by atoms with Gasteiger partial charge in [-0.15, -0.1) is 0 Å². The Balaban J connectivity index is 1.51. The summed E-state index contributed by atoms with van der Waals surface area (Å²) in [6.07, 6.45) is 6.85. The van der Waals surface area contributed by atoms with Crippen LogP contribution in [0.5, 0.6) is 0 Å². The van der Waals surface area contributed by atoms with E-state index < -0.39 is 28.6 Å². The van der Waals surface area contributed by atoms with Crippen molar-refractivity contribution >= 4 is 22.6 Å². The fraction of sp³-hybridized carbons (Fsp3) is 0.565. The van der Waals surface area contributed by atoms with Crippen LogP contribution in [0.1, 0.15) is 54.9 Å². The summed E-state index contributed by atoms with van der Waals surface area (Å²) in [5.74, 6) is -1.87. The van der Waals surface area contributed by atoms with Crippen molar-refractivity contribution in [2.75, 3.05) is 18.0 Å². The molecule has 1 aromatic carbocycles. The molecule has 4 saturated carbocycles. The molecule has 31 heavy (non-hydrogen) atoms. The number of hydrogen-bond acceptors (Lipinski definition) is 4. The molecule has 8 heteroatoms. The number of halogens is 2. The minimum atomic E-state index is -1.39. The molecule has 2 unspecified atom stereocenters. The Kier molecular flexibility index (Phi) is 3.89. The quantitative estimate of drug-likeness (QED) is 0.782. The minimum Gasteiger partial charge on any atom is -0.477 e. The second-order valence-corrected chi connectivity index (χ2v) is 9.98. The van der Waals surface area contributed by atoms with E-state index in [0.29, 0.717) is 24.9 Å². The molecule has 0 amide bonds. The Morgan fingerprint density at radius 3 is 2.48 bits per heavy atom. The maximum atomic E-state index is 15.9. The van der Waals surface area contributed by atoms with E-state index >= 15 is 8.78 Å². The number of anilines is 1. The molecular formula is C23H25F2N3O3. The number of aromatic carboxylic acids is 1. The summed E-state index contributed by atoms with van der Waals surface area (Å²) < 4.78 is 32.7. The van der Waals surface area contributed by atoms with Crippen LogP contribution in [0.3, 0.4) is 0 Å². The van der Waals surface area contributed by atoms with Crippen LogP contribution in [0.15, 0.2) is 17.1 Å². The van der Waals surface area contributed by atoms with Gasteiger partial charge in [-0.2, -0.15) is 0 Å². The third kappa shape index (κ3) is 2.63. The number of aromatic nitrogens is 1. The first kappa shape index (κ1) is 19.2. The molecule has 2 bridgehead atoms. The maximum absolute atomic E-state index is 15.9. The zero-order valence-electron chi connectivity index (χ0n) is 17.1. The van der Waals surface area contributed by atoms with Gasteiger partial charge in [0.15, 0.2) is 5.82 Å². The number of nitrogens with two attached hydrogens (primary N) is 1. The van der Waals surface area contributed by atoms with Crippen molar-refractivity contribution in [3.05, 3.63) is 39.7 Å². The largest absolute Gasteiger partial charge is 0.477 e. The average molecular weight is 429 g/mol. The summed E-state index contributed by atoms with van der Waals surface area (Å²) in [5, 5.41) is 9.18. The molecule has 0 spiro atoms. The van der Waals surface area contributed by atoms with Crippen LogP contribution >= 0.6 is 0 Å². The van der Waals surface area contributed by atoms with Gasteiger partial charge in [-0.05, 0) is 62.3 Å². The molecule has 7 rings (SSSR count). The maximum Gasteiger partial charge on any atom is 0.341 e. The normalized spacial score (nSPS) is 32.0. The molecule has 2 aromatic rings. The van der Waals surface area contributed by atoms with Crippen LogP contribution in [0.4, 0.5) is 14.5 Å². The van der Waals surface area contributed by atoms with E-state index in [-0.39, 0.29) is 34.1 Å². The molecule has 0 radical (unpaired) electrons. The van der Waals surface area contributed by atoms with Crippen LogP contribution in [-0.2, 0) is 0 Å². The second-order valence-electron chi connectivity index (χ2n) is 9.98. The molecule has 2 heterocycles. The highest BCUT2D eigenvalue weighted by atomic mass is 19.1. The summed E-state index contributed by atoms with van der Waals surface area (Å²) in [5.41, 5.74) is 5.04. The lowest BCUT2D eigenvalue weighted by molar-refractivity contribution is 0.0318.